The van der Waals surface area contributed by atoms with E-state index in [1.807, 2.05) is 68.7 Å². The average molecular weight is 417 g/mol. The van der Waals surface area contributed by atoms with Gasteiger partial charge in [0.25, 0.3) is 0 Å². The first-order valence-electron chi connectivity index (χ1n) is 9.99. The molecule has 5 aromatic heterocycles. The summed E-state index contributed by atoms with van der Waals surface area (Å²) in [6.45, 7) is 4.09. The fourth-order valence-electron chi connectivity index (χ4n) is 3.69. The lowest BCUT2D eigenvalue weighted by atomic mass is 10.1. The van der Waals surface area contributed by atoms with Crippen molar-refractivity contribution >= 4 is 17.3 Å². The predicted octanol–water partition coefficient (Wildman–Crippen LogP) is 2.27. The van der Waals surface area contributed by atoms with E-state index >= 15 is 0 Å². The van der Waals surface area contributed by atoms with Crippen molar-refractivity contribution < 1.29 is 0 Å². The van der Waals surface area contributed by atoms with Crippen LogP contribution in [0.5, 0.6) is 0 Å². The Balaban J connectivity index is 1.72. The Kier molecular flexibility index (Phi) is 4.31. The summed E-state index contributed by atoms with van der Waals surface area (Å²) in [4.78, 5) is 13.8. The van der Waals surface area contributed by atoms with Gasteiger partial charge in [0.05, 0.1) is 5.69 Å². The summed E-state index contributed by atoms with van der Waals surface area (Å²) in [5.41, 5.74) is 3.71. The summed E-state index contributed by atoms with van der Waals surface area (Å²) in [5.74, 6) is 3.15. The van der Waals surface area contributed by atoms with Crippen LogP contribution in [0.3, 0.4) is 0 Å². The lowest BCUT2D eigenvalue weighted by molar-refractivity contribution is 0.710. The number of fused-ring (bicyclic) bond motifs is 1. The summed E-state index contributed by atoms with van der Waals surface area (Å²) < 4.78 is 7.26. The van der Waals surface area contributed by atoms with Crippen molar-refractivity contribution in [2.75, 3.05) is 5.32 Å². The number of imidazole rings is 1. The molecule has 0 aliphatic rings. The molecule has 0 atom stereocenters. The first-order valence-corrected chi connectivity index (χ1v) is 9.99. The van der Waals surface area contributed by atoms with Gasteiger partial charge in [-0.05, 0) is 18.6 Å². The molecule has 5 aromatic rings. The zero-order valence-corrected chi connectivity index (χ0v) is 18.1. The number of aryl methyl sites for hydroxylation is 5. The van der Waals surface area contributed by atoms with Gasteiger partial charge < -0.3 is 9.88 Å². The van der Waals surface area contributed by atoms with Crippen molar-refractivity contribution in [3.8, 4) is 22.9 Å². The van der Waals surface area contributed by atoms with Crippen LogP contribution in [0.2, 0.25) is 0 Å². The fourth-order valence-corrected chi connectivity index (χ4v) is 3.69. The minimum Gasteiger partial charge on any atom is -0.331 e. The van der Waals surface area contributed by atoms with Crippen LogP contribution in [-0.2, 0) is 27.6 Å². The first-order chi connectivity index (χ1) is 14.9. The normalized spacial score (nSPS) is 11.5. The Hall–Kier alpha value is -4.02. The number of anilines is 2. The van der Waals surface area contributed by atoms with E-state index in [9.17, 15) is 0 Å². The standard InChI is InChI=1S/C20H23N11/c1-6-15-22-20(27-30(15)5)24-17-16-12(2)13(14-7-9-29(4)25-14)11-31(16)26-18(23-17)19-21-8-10-28(19)3/h7-11H,6H2,1-5H3,(H,23,24,26,27). The molecule has 0 fully saturated rings. The molecular formula is C20H23N11. The van der Waals surface area contributed by atoms with Crippen LogP contribution in [0.1, 0.15) is 18.3 Å². The molecule has 0 aliphatic carbocycles. The highest BCUT2D eigenvalue weighted by Gasteiger charge is 2.20. The molecule has 11 nitrogen and oxygen atoms in total. The molecule has 0 saturated carbocycles. The molecule has 0 spiro atoms. The molecule has 0 aromatic carbocycles. The number of aromatic nitrogens is 10. The van der Waals surface area contributed by atoms with Crippen molar-refractivity contribution in [1.29, 1.82) is 0 Å². The SMILES string of the molecule is CCc1nc(Nc2nc(-c3nccn3C)nn3cc(-c4ccn(C)n4)c(C)c23)nn1C. The lowest BCUT2D eigenvalue weighted by Gasteiger charge is -2.08. The van der Waals surface area contributed by atoms with Crippen LogP contribution in [0, 0.1) is 6.92 Å². The van der Waals surface area contributed by atoms with Crippen molar-refractivity contribution in [3.63, 3.8) is 0 Å². The molecule has 0 amide bonds. The minimum atomic E-state index is 0.491. The van der Waals surface area contributed by atoms with E-state index in [4.69, 9.17) is 10.1 Å². The van der Waals surface area contributed by atoms with Crippen LogP contribution < -0.4 is 5.32 Å². The van der Waals surface area contributed by atoms with E-state index in [1.54, 1.807) is 15.6 Å². The topological polar surface area (TPSA) is 109 Å². The maximum absolute atomic E-state index is 4.80. The number of rotatable bonds is 5. The molecule has 1 N–H and O–H groups in total. The Morgan fingerprint density at radius 2 is 1.87 bits per heavy atom. The Morgan fingerprint density at radius 3 is 2.52 bits per heavy atom. The minimum absolute atomic E-state index is 0.491. The lowest BCUT2D eigenvalue weighted by Crippen LogP contribution is -2.07. The number of hydrogen-bond acceptors (Lipinski definition) is 7. The van der Waals surface area contributed by atoms with Crippen LogP contribution in [0.25, 0.3) is 28.4 Å². The van der Waals surface area contributed by atoms with Gasteiger partial charge >= 0.3 is 0 Å². The third kappa shape index (κ3) is 3.14. The molecule has 5 heterocycles. The third-order valence-electron chi connectivity index (χ3n) is 5.29. The number of nitrogens with zero attached hydrogens (tertiary/aromatic N) is 10. The summed E-state index contributed by atoms with van der Waals surface area (Å²) in [7, 11) is 5.70. The molecule has 158 valence electrons. The molecule has 0 radical (unpaired) electrons. The van der Waals surface area contributed by atoms with Crippen molar-refractivity contribution in [2.24, 2.45) is 21.1 Å². The highest BCUT2D eigenvalue weighted by Crippen LogP contribution is 2.32. The summed E-state index contributed by atoms with van der Waals surface area (Å²) in [6, 6.07) is 1.98. The molecular weight excluding hydrogens is 394 g/mol. The molecule has 0 bridgehead atoms. The van der Waals surface area contributed by atoms with Crippen molar-refractivity contribution in [1.82, 2.24) is 48.7 Å². The highest BCUT2D eigenvalue weighted by molar-refractivity contribution is 5.83. The smallest absolute Gasteiger partial charge is 0.247 e. The van der Waals surface area contributed by atoms with Crippen LogP contribution >= 0.6 is 0 Å². The number of hydrogen-bond donors (Lipinski definition) is 1. The largest absolute Gasteiger partial charge is 0.331 e. The second kappa shape index (κ2) is 7.04. The van der Waals surface area contributed by atoms with Gasteiger partial charge in [-0.3, -0.25) is 9.36 Å². The molecule has 0 saturated heterocycles. The van der Waals surface area contributed by atoms with Gasteiger partial charge in [0.15, 0.2) is 11.6 Å². The molecule has 0 unspecified atom stereocenters. The first kappa shape index (κ1) is 19.0. The summed E-state index contributed by atoms with van der Waals surface area (Å²) in [6.07, 6.45) is 8.27. The zero-order valence-electron chi connectivity index (χ0n) is 18.1. The highest BCUT2D eigenvalue weighted by atomic mass is 15.4. The van der Waals surface area contributed by atoms with E-state index in [1.165, 1.54) is 0 Å². The van der Waals surface area contributed by atoms with Gasteiger partial charge in [-0.25, -0.2) is 14.5 Å². The van der Waals surface area contributed by atoms with Gasteiger partial charge in [-0.1, -0.05) is 6.92 Å². The van der Waals surface area contributed by atoms with Crippen molar-refractivity contribution in [3.05, 3.63) is 42.2 Å². The van der Waals surface area contributed by atoms with E-state index in [2.05, 4.69) is 25.5 Å². The van der Waals surface area contributed by atoms with E-state index < -0.39 is 0 Å². The van der Waals surface area contributed by atoms with Gasteiger partial charge in [0.1, 0.15) is 11.3 Å². The average Bonchev–Trinajstić information content (AvgIpc) is 3.50. The predicted molar refractivity (Wildman–Crippen MR) is 116 cm³/mol. The maximum atomic E-state index is 4.80. The van der Waals surface area contributed by atoms with Crippen molar-refractivity contribution in [2.45, 2.75) is 20.3 Å². The number of nitrogens with one attached hydrogen (secondary N) is 1. The quantitative estimate of drug-likeness (QED) is 0.467. The third-order valence-corrected chi connectivity index (χ3v) is 5.29. The maximum Gasteiger partial charge on any atom is 0.247 e. The molecule has 11 heteroatoms. The molecule has 31 heavy (non-hydrogen) atoms. The Bertz CT molecular complexity index is 1400. The van der Waals surface area contributed by atoms with Gasteiger partial charge in [-0.15, -0.1) is 10.2 Å². The monoisotopic (exact) mass is 417 g/mol. The van der Waals surface area contributed by atoms with Gasteiger partial charge in [0.2, 0.25) is 11.8 Å². The van der Waals surface area contributed by atoms with E-state index in [-0.39, 0.29) is 0 Å². The van der Waals surface area contributed by atoms with E-state index in [0.29, 0.717) is 23.4 Å². The van der Waals surface area contributed by atoms with Crippen LogP contribution in [0.4, 0.5) is 11.8 Å². The zero-order chi connectivity index (χ0) is 21.7. The second-order valence-electron chi connectivity index (χ2n) is 7.44. The van der Waals surface area contributed by atoms with Gasteiger partial charge in [-0.2, -0.15) is 10.1 Å². The van der Waals surface area contributed by atoms with Crippen LogP contribution in [-0.4, -0.2) is 48.7 Å². The second-order valence-corrected chi connectivity index (χ2v) is 7.44. The fraction of sp³-hybridized carbons (Fsp3) is 0.300. The Labute approximate surface area is 178 Å². The van der Waals surface area contributed by atoms with E-state index in [0.717, 1.165) is 34.6 Å². The molecule has 0 aliphatic heterocycles. The summed E-state index contributed by atoms with van der Waals surface area (Å²) in [5, 5.41) is 17.1. The van der Waals surface area contributed by atoms with Gasteiger partial charge in [0, 0.05) is 57.9 Å². The van der Waals surface area contributed by atoms with Crippen LogP contribution in [0.15, 0.2) is 30.9 Å². The summed E-state index contributed by atoms with van der Waals surface area (Å²) >= 11 is 0. The molecule has 5 rings (SSSR count). The Morgan fingerprint density at radius 1 is 1.03 bits per heavy atom.